The molecule has 6 rings (SSSR count). The van der Waals surface area contributed by atoms with Crippen LogP contribution in [0.5, 0.6) is 0 Å². The number of ether oxygens (including phenoxy) is 3. The summed E-state index contributed by atoms with van der Waals surface area (Å²) in [6, 6.07) is 26.5. The molecule has 0 radical (unpaired) electrons. The molecule has 4 amide bonds. The summed E-state index contributed by atoms with van der Waals surface area (Å²) in [7, 11) is 0. The van der Waals surface area contributed by atoms with Crippen molar-refractivity contribution in [2.75, 3.05) is 13.2 Å². The molecule has 0 spiro atoms. The number of rotatable bonds is 15. The van der Waals surface area contributed by atoms with Crippen molar-refractivity contribution >= 4 is 62.6 Å². The summed E-state index contributed by atoms with van der Waals surface area (Å²) in [6.07, 6.45) is -1.58. The van der Waals surface area contributed by atoms with Gasteiger partial charge in [0.05, 0.1) is 18.5 Å². The van der Waals surface area contributed by atoms with Gasteiger partial charge in [-0.05, 0) is 78.9 Å². The van der Waals surface area contributed by atoms with Crippen molar-refractivity contribution in [1.29, 1.82) is 0 Å². The van der Waals surface area contributed by atoms with Gasteiger partial charge in [-0.2, -0.15) is 0 Å². The predicted octanol–water partition coefficient (Wildman–Crippen LogP) is 5.42. The van der Waals surface area contributed by atoms with E-state index in [1.165, 1.54) is 12.1 Å². The fourth-order valence-corrected chi connectivity index (χ4v) is 7.20. The average Bonchev–Trinajstić information content (AvgIpc) is 3.74. The molecule has 0 unspecified atom stereocenters. The maximum atomic E-state index is 14.2. The fourth-order valence-electron chi connectivity index (χ4n) is 6.84. The van der Waals surface area contributed by atoms with Crippen molar-refractivity contribution < 1.29 is 43.0 Å². The smallest absolute Gasteiger partial charge is 0.408 e. The highest BCUT2D eigenvalue weighted by Gasteiger charge is 2.34. The summed E-state index contributed by atoms with van der Waals surface area (Å²) in [4.78, 5) is 82.7. The Morgan fingerprint density at radius 3 is 2.10 bits per heavy atom. The summed E-state index contributed by atoms with van der Waals surface area (Å²) >= 11 is 3.50. The zero-order chi connectivity index (χ0) is 42.3. The second-order valence-corrected chi connectivity index (χ2v) is 15.9. The zero-order valence-corrected chi connectivity index (χ0v) is 34.2. The van der Waals surface area contributed by atoms with Crippen molar-refractivity contribution in [3.8, 4) is 11.1 Å². The van der Waals surface area contributed by atoms with E-state index < -0.39 is 72.5 Å². The van der Waals surface area contributed by atoms with Gasteiger partial charge in [-0.3, -0.25) is 14.4 Å². The Morgan fingerprint density at radius 1 is 0.814 bits per heavy atom. The molecule has 5 aromatic rings. The summed E-state index contributed by atoms with van der Waals surface area (Å²) in [6.45, 7) is 4.22. The largest absolute Gasteiger partial charge is 0.463 e. The van der Waals surface area contributed by atoms with Crippen LogP contribution in [-0.2, 0) is 39.8 Å². The Balaban J connectivity index is 1.25. The number of carbonyl (C=O) groups is 6. The van der Waals surface area contributed by atoms with E-state index in [4.69, 9.17) is 19.9 Å². The van der Waals surface area contributed by atoms with Gasteiger partial charge in [-0.1, -0.05) is 82.7 Å². The van der Waals surface area contributed by atoms with Crippen LogP contribution in [0.25, 0.3) is 22.0 Å². The Bertz CT molecular complexity index is 2330. The van der Waals surface area contributed by atoms with Crippen LogP contribution < -0.4 is 21.7 Å². The highest BCUT2D eigenvalue weighted by molar-refractivity contribution is 9.10. The number of aromatic amines is 1. The van der Waals surface area contributed by atoms with Gasteiger partial charge in [0.15, 0.2) is 6.10 Å². The second-order valence-electron chi connectivity index (χ2n) is 15.0. The van der Waals surface area contributed by atoms with E-state index >= 15 is 0 Å². The fraction of sp³-hybridized carbons (Fsp3) is 0.273. The van der Waals surface area contributed by atoms with E-state index in [1.807, 2.05) is 66.7 Å². The molecule has 1 heterocycles. The van der Waals surface area contributed by atoms with Gasteiger partial charge in [-0.25, -0.2) is 14.4 Å². The van der Waals surface area contributed by atoms with Gasteiger partial charge in [0.1, 0.15) is 24.3 Å². The number of primary amides is 1. The maximum absolute atomic E-state index is 14.2. The van der Waals surface area contributed by atoms with Gasteiger partial charge in [0, 0.05) is 33.9 Å². The van der Waals surface area contributed by atoms with Crippen molar-refractivity contribution in [2.45, 2.75) is 63.3 Å². The molecule has 0 saturated heterocycles. The number of hydrogen-bond donors (Lipinski definition) is 5. The predicted molar refractivity (Wildman–Crippen MR) is 222 cm³/mol. The molecule has 3 atom stereocenters. The third-order valence-electron chi connectivity index (χ3n) is 9.54. The van der Waals surface area contributed by atoms with E-state index in [1.54, 1.807) is 45.2 Å². The van der Waals surface area contributed by atoms with Crippen LogP contribution in [0.2, 0.25) is 0 Å². The van der Waals surface area contributed by atoms with Crippen LogP contribution >= 0.6 is 15.9 Å². The van der Waals surface area contributed by atoms with Gasteiger partial charge >= 0.3 is 18.0 Å². The standard InChI is InChI=1S/C44H44BrN5O9/c1-44(2,3)59-43(56)50-35(21-38(46)51)39(52)48-23-37(58-41(54)25-11-5-4-6-12-25)40(53)49-36(19-26-22-47-34-18-17-27(45)20-32(26)34)42(55)57-24-33-30-15-9-7-13-28(30)29-14-8-10-16-31(29)33/h4-18,20,22,33,35-37,47H,19,21,23-24H2,1-3H3,(H2,46,51)(H,48,52)(H,49,53)(H,50,56)/t35-,36-,37+/m0/s1. The van der Waals surface area contributed by atoms with E-state index in [2.05, 4.69) is 36.9 Å². The van der Waals surface area contributed by atoms with Crippen LogP contribution in [0.1, 0.15) is 60.2 Å². The van der Waals surface area contributed by atoms with Gasteiger partial charge in [0.2, 0.25) is 11.8 Å². The molecule has 0 saturated carbocycles. The second kappa shape index (κ2) is 18.4. The highest BCUT2D eigenvalue weighted by atomic mass is 79.9. The number of hydrogen-bond acceptors (Lipinski definition) is 9. The van der Waals surface area contributed by atoms with Crippen molar-refractivity contribution in [3.05, 3.63) is 130 Å². The van der Waals surface area contributed by atoms with Crippen molar-refractivity contribution in [1.82, 2.24) is 20.9 Å². The molecular formula is C44H44BrN5O9. The SMILES string of the molecule is CC(C)(C)OC(=O)N[C@@H](CC(N)=O)C(=O)NC[C@@H](OC(=O)c1ccccc1)C(=O)N[C@@H](Cc1c[nH]c2ccc(Br)cc12)C(=O)OCC1c2ccccc2-c2ccccc21. The third-order valence-corrected chi connectivity index (χ3v) is 10.0. The van der Waals surface area contributed by atoms with Crippen LogP contribution in [0.4, 0.5) is 4.79 Å². The number of nitrogens with one attached hydrogen (secondary N) is 4. The number of carbonyl (C=O) groups excluding carboxylic acids is 6. The van der Waals surface area contributed by atoms with Crippen LogP contribution in [0, 0.1) is 0 Å². The van der Waals surface area contributed by atoms with E-state index in [9.17, 15) is 28.8 Å². The van der Waals surface area contributed by atoms with E-state index in [0.717, 1.165) is 37.6 Å². The quantitative estimate of drug-likeness (QED) is 0.0671. The van der Waals surface area contributed by atoms with Gasteiger partial charge in [0.25, 0.3) is 5.91 Å². The molecule has 15 heteroatoms. The van der Waals surface area contributed by atoms with E-state index in [-0.39, 0.29) is 24.5 Å². The highest BCUT2D eigenvalue weighted by Crippen LogP contribution is 2.44. The Hall–Kier alpha value is -6.48. The lowest BCUT2D eigenvalue weighted by molar-refractivity contribution is -0.149. The molecule has 1 aromatic heterocycles. The number of nitrogens with two attached hydrogens (primary N) is 1. The molecule has 14 nitrogen and oxygen atoms in total. The van der Waals surface area contributed by atoms with Crippen LogP contribution in [0.3, 0.4) is 0 Å². The number of esters is 2. The van der Waals surface area contributed by atoms with Crippen LogP contribution in [-0.4, -0.2) is 77.7 Å². The first kappa shape index (κ1) is 42.1. The lowest BCUT2D eigenvalue weighted by atomic mass is 9.98. The summed E-state index contributed by atoms with van der Waals surface area (Å²) in [5.41, 5.74) is 10.1. The molecule has 4 aromatic carbocycles. The summed E-state index contributed by atoms with van der Waals surface area (Å²) < 4.78 is 17.7. The molecule has 1 aliphatic carbocycles. The first-order valence-electron chi connectivity index (χ1n) is 18.9. The Morgan fingerprint density at radius 2 is 1.46 bits per heavy atom. The minimum absolute atomic E-state index is 0.0208. The Labute approximate surface area is 348 Å². The number of alkyl carbamates (subject to hydrolysis) is 1. The molecule has 306 valence electrons. The molecular weight excluding hydrogens is 822 g/mol. The molecule has 1 aliphatic rings. The number of benzene rings is 4. The molecule has 59 heavy (non-hydrogen) atoms. The summed E-state index contributed by atoms with van der Waals surface area (Å²) in [5, 5.41) is 8.30. The average molecular weight is 867 g/mol. The van der Waals surface area contributed by atoms with Crippen molar-refractivity contribution in [3.63, 3.8) is 0 Å². The number of aromatic nitrogens is 1. The van der Waals surface area contributed by atoms with Crippen LogP contribution in [0.15, 0.2) is 108 Å². The number of H-pyrrole nitrogens is 1. The number of amides is 4. The first-order chi connectivity index (χ1) is 28.2. The third kappa shape index (κ3) is 10.7. The van der Waals surface area contributed by atoms with Crippen molar-refractivity contribution in [2.24, 2.45) is 5.73 Å². The first-order valence-corrected chi connectivity index (χ1v) is 19.7. The minimum Gasteiger partial charge on any atom is -0.463 e. The molecule has 0 fully saturated rings. The normalized spacial score (nSPS) is 13.6. The molecule has 0 bridgehead atoms. The number of fused-ring (bicyclic) bond motifs is 4. The van der Waals surface area contributed by atoms with Gasteiger partial charge in [-0.15, -0.1) is 0 Å². The van der Waals surface area contributed by atoms with E-state index in [0.29, 0.717) is 5.56 Å². The van der Waals surface area contributed by atoms with Gasteiger partial charge < -0.3 is 40.9 Å². The molecule has 0 aliphatic heterocycles. The summed E-state index contributed by atoms with van der Waals surface area (Å²) in [5.74, 6) is -4.64. The zero-order valence-electron chi connectivity index (χ0n) is 32.6. The minimum atomic E-state index is -1.71. The monoisotopic (exact) mass is 865 g/mol. The lowest BCUT2D eigenvalue weighted by Crippen LogP contribution is -2.54. The Kier molecular flexibility index (Phi) is 13.1. The maximum Gasteiger partial charge on any atom is 0.408 e. The molecule has 6 N–H and O–H groups in total. The lowest BCUT2D eigenvalue weighted by Gasteiger charge is -2.25. The number of halogens is 1. The topological polar surface area (TPSA) is 208 Å².